The van der Waals surface area contributed by atoms with Gasteiger partial charge in [-0.05, 0) is 35.9 Å². The summed E-state index contributed by atoms with van der Waals surface area (Å²) < 4.78 is 5.27. The molecule has 2 rings (SSSR count). The predicted molar refractivity (Wildman–Crippen MR) is 75.6 cm³/mol. The number of methoxy groups -OCH3 is 1. The van der Waals surface area contributed by atoms with Gasteiger partial charge in [-0.3, -0.25) is 0 Å². The fourth-order valence-corrected chi connectivity index (χ4v) is 1.70. The van der Waals surface area contributed by atoms with E-state index in [2.05, 4.69) is 5.32 Å². The summed E-state index contributed by atoms with van der Waals surface area (Å²) in [5, 5.41) is 3.29. The van der Waals surface area contributed by atoms with Crippen LogP contribution in [0.2, 0.25) is 0 Å². The summed E-state index contributed by atoms with van der Waals surface area (Å²) in [4.78, 5) is 0. The predicted octanol–water partition coefficient (Wildman–Crippen LogP) is 2.47. The van der Waals surface area contributed by atoms with Crippen molar-refractivity contribution in [2.45, 2.75) is 6.54 Å². The third-order valence-corrected chi connectivity index (χ3v) is 2.69. The van der Waals surface area contributed by atoms with Crippen molar-refractivity contribution in [3.63, 3.8) is 0 Å². The Morgan fingerprint density at radius 2 is 1.67 bits per heavy atom. The number of nitrogen functional groups attached to an aromatic ring is 2. The number of benzene rings is 2. The Kier molecular flexibility index (Phi) is 3.57. The molecule has 0 atom stereocenters. The molecule has 0 aliphatic carbocycles. The molecule has 0 amide bonds. The molecule has 0 saturated heterocycles. The van der Waals surface area contributed by atoms with Crippen molar-refractivity contribution < 1.29 is 4.74 Å². The summed E-state index contributed by atoms with van der Waals surface area (Å²) in [6.45, 7) is 0.695. The SMILES string of the molecule is COc1ccc(N)cc1NCc1ccc(N)cc1. The van der Waals surface area contributed by atoms with Gasteiger partial charge in [0, 0.05) is 17.9 Å². The van der Waals surface area contributed by atoms with Crippen LogP contribution in [0.3, 0.4) is 0 Å². The zero-order valence-corrected chi connectivity index (χ0v) is 10.3. The molecule has 0 heterocycles. The maximum Gasteiger partial charge on any atom is 0.142 e. The summed E-state index contributed by atoms with van der Waals surface area (Å²) in [5.74, 6) is 0.777. The van der Waals surface area contributed by atoms with Crippen LogP contribution in [0.15, 0.2) is 42.5 Å². The van der Waals surface area contributed by atoms with E-state index in [0.717, 1.165) is 22.7 Å². The molecular formula is C14H17N3O. The Morgan fingerprint density at radius 3 is 2.33 bits per heavy atom. The molecule has 4 heteroatoms. The normalized spacial score (nSPS) is 10.1. The van der Waals surface area contributed by atoms with Crippen LogP contribution in [0.5, 0.6) is 5.75 Å². The van der Waals surface area contributed by atoms with Gasteiger partial charge in [-0.15, -0.1) is 0 Å². The number of nitrogens with one attached hydrogen (secondary N) is 1. The highest BCUT2D eigenvalue weighted by molar-refractivity contribution is 5.63. The van der Waals surface area contributed by atoms with Crippen molar-refractivity contribution in [1.82, 2.24) is 0 Å². The van der Waals surface area contributed by atoms with Crippen molar-refractivity contribution in [1.29, 1.82) is 0 Å². The Labute approximate surface area is 107 Å². The average Bonchev–Trinajstić information content (AvgIpc) is 2.38. The molecule has 0 aliphatic rings. The molecule has 0 bridgehead atoms. The number of nitrogens with two attached hydrogens (primary N) is 2. The lowest BCUT2D eigenvalue weighted by molar-refractivity contribution is 0.416. The molecule has 4 nitrogen and oxygen atoms in total. The van der Waals surface area contributed by atoms with Gasteiger partial charge in [0.25, 0.3) is 0 Å². The molecular weight excluding hydrogens is 226 g/mol. The van der Waals surface area contributed by atoms with E-state index in [1.54, 1.807) is 7.11 Å². The average molecular weight is 243 g/mol. The summed E-state index contributed by atoms with van der Waals surface area (Å²) >= 11 is 0. The van der Waals surface area contributed by atoms with Gasteiger partial charge >= 0.3 is 0 Å². The zero-order valence-electron chi connectivity index (χ0n) is 10.3. The molecule has 0 saturated carbocycles. The number of hydrogen-bond donors (Lipinski definition) is 3. The number of ether oxygens (including phenoxy) is 1. The number of hydrogen-bond acceptors (Lipinski definition) is 4. The Balaban J connectivity index is 2.09. The minimum Gasteiger partial charge on any atom is -0.495 e. The minimum atomic E-state index is 0.695. The van der Waals surface area contributed by atoms with Crippen LogP contribution in [-0.2, 0) is 6.54 Å². The quantitative estimate of drug-likeness (QED) is 0.721. The van der Waals surface area contributed by atoms with E-state index in [9.17, 15) is 0 Å². The first-order valence-corrected chi connectivity index (χ1v) is 5.71. The van der Waals surface area contributed by atoms with E-state index in [0.29, 0.717) is 12.2 Å². The molecule has 2 aromatic rings. The van der Waals surface area contributed by atoms with E-state index in [1.807, 2.05) is 42.5 Å². The van der Waals surface area contributed by atoms with Gasteiger partial charge in [0.2, 0.25) is 0 Å². The lowest BCUT2D eigenvalue weighted by atomic mass is 10.2. The first-order chi connectivity index (χ1) is 8.69. The molecule has 0 fully saturated rings. The third kappa shape index (κ3) is 2.85. The van der Waals surface area contributed by atoms with Crippen molar-refractivity contribution in [2.75, 3.05) is 23.9 Å². The summed E-state index contributed by atoms with van der Waals surface area (Å²) in [5.41, 5.74) is 14.9. The van der Waals surface area contributed by atoms with Crippen molar-refractivity contribution in [2.24, 2.45) is 0 Å². The lowest BCUT2D eigenvalue weighted by Crippen LogP contribution is -2.02. The maximum absolute atomic E-state index is 5.76. The maximum atomic E-state index is 5.76. The van der Waals surface area contributed by atoms with Crippen LogP contribution >= 0.6 is 0 Å². The fourth-order valence-electron chi connectivity index (χ4n) is 1.70. The summed E-state index contributed by atoms with van der Waals surface area (Å²) in [7, 11) is 1.64. The molecule has 18 heavy (non-hydrogen) atoms. The minimum absolute atomic E-state index is 0.695. The molecule has 0 aromatic heterocycles. The second-order valence-electron chi connectivity index (χ2n) is 4.05. The standard InChI is InChI=1S/C14H17N3O/c1-18-14-7-6-12(16)8-13(14)17-9-10-2-4-11(15)5-3-10/h2-8,17H,9,15-16H2,1H3. The second-order valence-corrected chi connectivity index (χ2v) is 4.05. The van der Waals surface area contributed by atoms with Crippen LogP contribution in [0, 0.1) is 0 Å². The molecule has 0 radical (unpaired) electrons. The Hall–Kier alpha value is -2.36. The molecule has 94 valence electrons. The van der Waals surface area contributed by atoms with Crippen molar-refractivity contribution >= 4 is 17.1 Å². The zero-order chi connectivity index (χ0) is 13.0. The van der Waals surface area contributed by atoms with Crippen LogP contribution in [-0.4, -0.2) is 7.11 Å². The van der Waals surface area contributed by atoms with Gasteiger partial charge in [0.15, 0.2) is 0 Å². The molecule has 0 spiro atoms. The topological polar surface area (TPSA) is 73.3 Å². The van der Waals surface area contributed by atoms with Crippen molar-refractivity contribution in [3.8, 4) is 5.75 Å². The largest absolute Gasteiger partial charge is 0.495 e. The van der Waals surface area contributed by atoms with Gasteiger partial charge in [-0.2, -0.15) is 0 Å². The molecule has 5 N–H and O–H groups in total. The Morgan fingerprint density at radius 1 is 1.00 bits per heavy atom. The van der Waals surface area contributed by atoms with E-state index >= 15 is 0 Å². The van der Waals surface area contributed by atoms with Crippen molar-refractivity contribution in [3.05, 3.63) is 48.0 Å². The smallest absolute Gasteiger partial charge is 0.142 e. The summed E-state index contributed by atoms with van der Waals surface area (Å²) in [6, 6.07) is 13.3. The van der Waals surface area contributed by atoms with Gasteiger partial charge < -0.3 is 21.5 Å². The molecule has 0 unspecified atom stereocenters. The van der Waals surface area contributed by atoms with E-state index in [4.69, 9.17) is 16.2 Å². The monoisotopic (exact) mass is 243 g/mol. The second kappa shape index (κ2) is 5.31. The first-order valence-electron chi connectivity index (χ1n) is 5.71. The molecule has 0 aliphatic heterocycles. The number of rotatable bonds is 4. The van der Waals surface area contributed by atoms with Crippen LogP contribution < -0.4 is 21.5 Å². The molecule has 2 aromatic carbocycles. The fraction of sp³-hybridized carbons (Fsp3) is 0.143. The lowest BCUT2D eigenvalue weighted by Gasteiger charge is -2.12. The van der Waals surface area contributed by atoms with E-state index < -0.39 is 0 Å². The van der Waals surface area contributed by atoms with E-state index in [-0.39, 0.29) is 0 Å². The highest BCUT2D eigenvalue weighted by Gasteiger charge is 2.02. The van der Waals surface area contributed by atoms with Gasteiger partial charge in [-0.25, -0.2) is 0 Å². The third-order valence-electron chi connectivity index (χ3n) is 2.69. The highest BCUT2D eigenvalue weighted by atomic mass is 16.5. The first kappa shape index (κ1) is 12.1. The Bertz CT molecular complexity index is 523. The summed E-state index contributed by atoms with van der Waals surface area (Å²) in [6.07, 6.45) is 0. The van der Waals surface area contributed by atoms with Crippen LogP contribution in [0.25, 0.3) is 0 Å². The van der Waals surface area contributed by atoms with Gasteiger partial charge in [-0.1, -0.05) is 12.1 Å². The van der Waals surface area contributed by atoms with Crippen LogP contribution in [0.4, 0.5) is 17.1 Å². The number of anilines is 3. The van der Waals surface area contributed by atoms with E-state index in [1.165, 1.54) is 0 Å². The van der Waals surface area contributed by atoms with Gasteiger partial charge in [0.05, 0.1) is 12.8 Å². The van der Waals surface area contributed by atoms with Gasteiger partial charge in [0.1, 0.15) is 5.75 Å². The van der Waals surface area contributed by atoms with Crippen LogP contribution in [0.1, 0.15) is 5.56 Å². The highest BCUT2D eigenvalue weighted by Crippen LogP contribution is 2.26.